The van der Waals surface area contributed by atoms with Gasteiger partial charge in [-0.1, -0.05) is 12.1 Å². The summed E-state index contributed by atoms with van der Waals surface area (Å²) in [5.74, 6) is 0. The zero-order valence-corrected chi connectivity index (χ0v) is 10.7. The molecule has 1 aromatic rings. The molecule has 0 amide bonds. The molecule has 0 bridgehead atoms. The van der Waals surface area contributed by atoms with E-state index in [9.17, 15) is 13.2 Å². The van der Waals surface area contributed by atoms with Crippen molar-refractivity contribution >= 4 is 0 Å². The Bertz CT molecular complexity index is 417. The number of hydrazine groups is 1. The summed E-state index contributed by atoms with van der Waals surface area (Å²) in [5.41, 5.74) is 3.22. The molecule has 1 atom stereocenters. The van der Waals surface area contributed by atoms with Crippen LogP contribution >= 0.6 is 0 Å². The van der Waals surface area contributed by atoms with Gasteiger partial charge >= 0.3 is 6.18 Å². The predicted octanol–water partition coefficient (Wildman–Crippen LogP) is 2.60. The van der Waals surface area contributed by atoms with Crippen molar-refractivity contribution in [3.05, 3.63) is 35.4 Å². The van der Waals surface area contributed by atoms with Crippen molar-refractivity contribution in [1.82, 2.24) is 10.4 Å². The summed E-state index contributed by atoms with van der Waals surface area (Å²) in [6, 6.07) is 5.26. The molecule has 1 heterocycles. The second-order valence-electron chi connectivity index (χ2n) is 4.57. The number of nitrogens with one attached hydrogen (secondary N) is 1. The van der Waals surface area contributed by atoms with Gasteiger partial charge in [0, 0.05) is 19.1 Å². The minimum atomic E-state index is -4.30. The van der Waals surface area contributed by atoms with Gasteiger partial charge in [0.25, 0.3) is 0 Å². The minimum Gasteiger partial charge on any atom is -0.379 e. The van der Waals surface area contributed by atoms with Crippen molar-refractivity contribution < 1.29 is 17.9 Å². The van der Waals surface area contributed by atoms with Crippen LogP contribution in [0.2, 0.25) is 0 Å². The topological polar surface area (TPSA) is 24.5 Å². The van der Waals surface area contributed by atoms with E-state index < -0.39 is 11.7 Å². The Morgan fingerprint density at radius 1 is 1.26 bits per heavy atom. The van der Waals surface area contributed by atoms with Crippen LogP contribution in [0.15, 0.2) is 24.3 Å². The molecule has 0 spiro atoms. The maximum atomic E-state index is 12.6. The van der Waals surface area contributed by atoms with Gasteiger partial charge in [-0.2, -0.15) is 13.2 Å². The van der Waals surface area contributed by atoms with Crippen molar-refractivity contribution in [1.29, 1.82) is 0 Å². The van der Waals surface area contributed by atoms with Crippen LogP contribution in [0.5, 0.6) is 0 Å². The number of morpholine rings is 1. The summed E-state index contributed by atoms with van der Waals surface area (Å²) in [6.45, 7) is 4.61. The molecule has 0 saturated carbocycles. The number of hydrogen-bond acceptors (Lipinski definition) is 3. The normalized spacial score (nSPS) is 19.4. The van der Waals surface area contributed by atoms with Gasteiger partial charge in [0.1, 0.15) is 0 Å². The molecule has 0 aliphatic carbocycles. The number of nitrogens with zero attached hydrogens (tertiary/aromatic N) is 1. The van der Waals surface area contributed by atoms with E-state index in [0.717, 1.165) is 19.2 Å². The third-order valence-corrected chi connectivity index (χ3v) is 3.10. The highest BCUT2D eigenvalue weighted by Gasteiger charge is 2.30. The lowest BCUT2D eigenvalue weighted by atomic mass is 10.1. The number of ether oxygens (including phenoxy) is 1. The molecular formula is C13H17F3N2O. The average Bonchev–Trinajstić information content (AvgIpc) is 2.39. The number of hydrogen-bond donors (Lipinski definition) is 1. The Labute approximate surface area is 110 Å². The van der Waals surface area contributed by atoms with E-state index in [2.05, 4.69) is 5.43 Å². The summed E-state index contributed by atoms with van der Waals surface area (Å²) < 4.78 is 43.1. The number of rotatable bonds is 3. The van der Waals surface area contributed by atoms with Crippen molar-refractivity contribution in [2.24, 2.45) is 0 Å². The van der Waals surface area contributed by atoms with Crippen LogP contribution in [0.25, 0.3) is 0 Å². The van der Waals surface area contributed by atoms with E-state index in [1.165, 1.54) is 12.1 Å². The standard InChI is InChI=1S/C13H17F3N2O/c1-10(17-18-5-7-19-8-6-18)11-3-2-4-12(9-11)13(14,15)16/h2-4,9-10,17H,5-8H2,1H3. The van der Waals surface area contributed by atoms with E-state index in [1.807, 2.05) is 11.9 Å². The van der Waals surface area contributed by atoms with Crippen molar-refractivity contribution in [3.63, 3.8) is 0 Å². The highest BCUT2D eigenvalue weighted by atomic mass is 19.4. The van der Waals surface area contributed by atoms with Crippen LogP contribution in [-0.4, -0.2) is 31.3 Å². The molecule has 2 rings (SSSR count). The van der Waals surface area contributed by atoms with Crippen LogP contribution in [0.4, 0.5) is 13.2 Å². The van der Waals surface area contributed by atoms with Gasteiger partial charge < -0.3 is 4.74 Å². The second-order valence-corrected chi connectivity index (χ2v) is 4.57. The first kappa shape index (κ1) is 14.3. The van der Waals surface area contributed by atoms with Crippen LogP contribution in [0.1, 0.15) is 24.1 Å². The zero-order valence-electron chi connectivity index (χ0n) is 10.7. The first-order valence-electron chi connectivity index (χ1n) is 6.23. The smallest absolute Gasteiger partial charge is 0.379 e. The predicted molar refractivity (Wildman–Crippen MR) is 65.4 cm³/mol. The Morgan fingerprint density at radius 3 is 2.58 bits per heavy atom. The number of benzene rings is 1. The fraction of sp³-hybridized carbons (Fsp3) is 0.538. The summed E-state index contributed by atoms with van der Waals surface area (Å²) in [4.78, 5) is 0. The Hall–Kier alpha value is -1.11. The lowest BCUT2D eigenvalue weighted by Gasteiger charge is -2.30. The Morgan fingerprint density at radius 2 is 1.95 bits per heavy atom. The molecule has 19 heavy (non-hydrogen) atoms. The summed E-state index contributed by atoms with van der Waals surface area (Å²) in [6.07, 6.45) is -4.30. The van der Waals surface area contributed by atoms with Crippen molar-refractivity contribution in [3.8, 4) is 0 Å². The third kappa shape index (κ3) is 3.92. The van der Waals surface area contributed by atoms with Gasteiger partial charge in [-0.05, 0) is 24.6 Å². The molecule has 1 aliphatic heterocycles. The fourth-order valence-corrected chi connectivity index (χ4v) is 2.03. The van der Waals surface area contributed by atoms with Crippen LogP contribution in [-0.2, 0) is 10.9 Å². The van der Waals surface area contributed by atoms with E-state index >= 15 is 0 Å². The van der Waals surface area contributed by atoms with Crippen LogP contribution in [0, 0.1) is 0 Å². The summed E-state index contributed by atoms with van der Waals surface area (Å²) in [7, 11) is 0. The zero-order chi connectivity index (χ0) is 13.9. The maximum absolute atomic E-state index is 12.6. The summed E-state index contributed by atoms with van der Waals surface area (Å²) >= 11 is 0. The van der Waals surface area contributed by atoms with Gasteiger partial charge in [-0.3, -0.25) is 0 Å². The van der Waals surface area contributed by atoms with Crippen LogP contribution in [0.3, 0.4) is 0 Å². The van der Waals surface area contributed by atoms with E-state index in [4.69, 9.17) is 4.74 Å². The second kappa shape index (κ2) is 5.90. The Balaban J connectivity index is 2.04. The molecule has 1 saturated heterocycles. The van der Waals surface area contributed by atoms with Gasteiger partial charge in [-0.15, -0.1) is 0 Å². The highest BCUT2D eigenvalue weighted by Crippen LogP contribution is 2.30. The van der Waals surface area contributed by atoms with Gasteiger partial charge in [0.15, 0.2) is 0 Å². The monoisotopic (exact) mass is 274 g/mol. The van der Waals surface area contributed by atoms with Crippen LogP contribution < -0.4 is 5.43 Å². The molecule has 6 heteroatoms. The van der Waals surface area contributed by atoms with Gasteiger partial charge in [0.2, 0.25) is 0 Å². The first-order chi connectivity index (χ1) is 8.97. The molecule has 1 fully saturated rings. The lowest BCUT2D eigenvalue weighted by Crippen LogP contribution is -2.46. The molecule has 1 aromatic carbocycles. The largest absolute Gasteiger partial charge is 0.416 e. The third-order valence-electron chi connectivity index (χ3n) is 3.10. The van der Waals surface area contributed by atoms with Crippen molar-refractivity contribution in [2.45, 2.75) is 19.1 Å². The van der Waals surface area contributed by atoms with E-state index in [-0.39, 0.29) is 6.04 Å². The quantitative estimate of drug-likeness (QED) is 0.917. The molecule has 106 valence electrons. The van der Waals surface area contributed by atoms with E-state index in [1.54, 1.807) is 6.07 Å². The first-order valence-corrected chi connectivity index (χ1v) is 6.23. The lowest BCUT2D eigenvalue weighted by molar-refractivity contribution is -0.137. The van der Waals surface area contributed by atoms with Gasteiger partial charge in [-0.25, -0.2) is 10.4 Å². The molecule has 3 nitrogen and oxygen atoms in total. The molecule has 0 radical (unpaired) electrons. The average molecular weight is 274 g/mol. The Kier molecular flexibility index (Phi) is 4.44. The molecule has 1 N–H and O–H groups in total. The molecular weight excluding hydrogens is 257 g/mol. The summed E-state index contributed by atoms with van der Waals surface area (Å²) in [5, 5.41) is 1.98. The van der Waals surface area contributed by atoms with E-state index in [0.29, 0.717) is 18.8 Å². The molecule has 0 aromatic heterocycles. The number of alkyl halides is 3. The minimum absolute atomic E-state index is 0.166. The van der Waals surface area contributed by atoms with Crippen molar-refractivity contribution in [2.75, 3.05) is 26.3 Å². The molecule has 1 aliphatic rings. The fourth-order valence-electron chi connectivity index (χ4n) is 2.03. The van der Waals surface area contributed by atoms with Gasteiger partial charge in [0.05, 0.1) is 18.8 Å². The highest BCUT2D eigenvalue weighted by molar-refractivity contribution is 5.27. The maximum Gasteiger partial charge on any atom is 0.416 e. The number of halogens is 3. The molecule has 1 unspecified atom stereocenters. The SMILES string of the molecule is CC(NN1CCOCC1)c1cccc(C(F)(F)F)c1.